The number of hydrogen-bond acceptors (Lipinski definition) is 5. The normalized spacial score (nSPS) is 10.8. The van der Waals surface area contributed by atoms with Crippen LogP contribution in [0, 0.1) is 0 Å². The second-order valence-electron chi connectivity index (χ2n) is 3.66. The van der Waals surface area contributed by atoms with Crippen LogP contribution < -0.4 is 11.1 Å². The molecule has 0 bridgehead atoms. The molecular formula is C11H11N5S. The minimum atomic E-state index is 0.667. The molecule has 5 nitrogen and oxygen atoms in total. The largest absolute Gasteiger partial charge is 0.395 e. The van der Waals surface area contributed by atoms with E-state index in [0.717, 1.165) is 21.6 Å². The van der Waals surface area contributed by atoms with E-state index in [4.69, 9.17) is 5.73 Å². The summed E-state index contributed by atoms with van der Waals surface area (Å²) in [5, 5.41) is 10.0. The smallest absolute Gasteiger partial charge is 0.106 e. The molecule has 0 saturated heterocycles. The number of benzene rings is 1. The van der Waals surface area contributed by atoms with Crippen LogP contribution in [0.25, 0.3) is 10.2 Å². The predicted molar refractivity (Wildman–Crippen MR) is 69.9 cm³/mol. The Labute approximate surface area is 102 Å². The predicted octanol–water partition coefficient (Wildman–Crippen LogP) is 2.21. The Bertz CT molecular complexity index is 628. The number of nitrogens with zero attached hydrogens (tertiary/aromatic N) is 2. The molecule has 6 heteroatoms. The number of nitrogen functional groups attached to an aromatic ring is 1. The van der Waals surface area contributed by atoms with Crippen LogP contribution in [-0.4, -0.2) is 15.2 Å². The van der Waals surface area contributed by atoms with Gasteiger partial charge in [0.05, 0.1) is 33.8 Å². The number of H-pyrrole nitrogens is 1. The summed E-state index contributed by atoms with van der Waals surface area (Å²) in [6.45, 7) is 0.667. The van der Waals surface area contributed by atoms with Crippen molar-refractivity contribution in [2.75, 3.05) is 11.1 Å². The van der Waals surface area contributed by atoms with Crippen LogP contribution in [0.3, 0.4) is 0 Å². The summed E-state index contributed by atoms with van der Waals surface area (Å²) in [7, 11) is 0. The molecule has 3 rings (SSSR count). The Morgan fingerprint density at radius 2 is 2.29 bits per heavy atom. The highest BCUT2D eigenvalue weighted by Crippen LogP contribution is 2.30. The van der Waals surface area contributed by atoms with Gasteiger partial charge >= 0.3 is 0 Å². The van der Waals surface area contributed by atoms with Gasteiger partial charge < -0.3 is 11.1 Å². The van der Waals surface area contributed by atoms with Crippen LogP contribution in [0.1, 0.15) is 5.69 Å². The molecule has 0 saturated carbocycles. The van der Waals surface area contributed by atoms with Crippen molar-refractivity contribution >= 4 is 32.9 Å². The van der Waals surface area contributed by atoms with Gasteiger partial charge in [-0.2, -0.15) is 5.10 Å². The van der Waals surface area contributed by atoms with E-state index in [0.29, 0.717) is 12.2 Å². The summed E-state index contributed by atoms with van der Waals surface area (Å²) < 4.78 is 1.11. The van der Waals surface area contributed by atoms with Gasteiger partial charge in [-0.05, 0) is 18.2 Å². The molecule has 2 aromatic heterocycles. The van der Waals surface area contributed by atoms with Gasteiger partial charge in [0, 0.05) is 6.20 Å². The summed E-state index contributed by atoms with van der Waals surface area (Å²) in [6.07, 6.45) is 1.73. The second kappa shape index (κ2) is 4.06. The number of rotatable bonds is 3. The third-order valence-corrected chi connectivity index (χ3v) is 3.36. The van der Waals surface area contributed by atoms with Gasteiger partial charge in [0.15, 0.2) is 0 Å². The molecule has 3 aromatic rings. The number of thiazole rings is 1. The fourth-order valence-corrected chi connectivity index (χ4v) is 2.37. The number of anilines is 2. The summed E-state index contributed by atoms with van der Waals surface area (Å²) in [4.78, 5) is 4.26. The van der Waals surface area contributed by atoms with Gasteiger partial charge in [-0.1, -0.05) is 0 Å². The SMILES string of the molecule is Nc1c(NCc2ccn[nH]2)ccc2scnc12. The number of fused-ring (bicyclic) bond motifs is 1. The molecule has 86 valence electrons. The van der Waals surface area contributed by atoms with Crippen molar-refractivity contribution in [2.45, 2.75) is 6.54 Å². The van der Waals surface area contributed by atoms with Crippen LogP contribution in [0.5, 0.6) is 0 Å². The molecule has 0 aliphatic carbocycles. The lowest BCUT2D eigenvalue weighted by Crippen LogP contribution is -2.03. The number of aromatic nitrogens is 3. The first-order valence-corrected chi connectivity index (χ1v) is 6.06. The van der Waals surface area contributed by atoms with Crippen molar-refractivity contribution in [2.24, 2.45) is 0 Å². The Kier molecular flexibility index (Phi) is 2.41. The lowest BCUT2D eigenvalue weighted by molar-refractivity contribution is 0.982. The molecule has 0 amide bonds. The second-order valence-corrected chi connectivity index (χ2v) is 4.55. The zero-order valence-electron chi connectivity index (χ0n) is 8.97. The molecule has 0 aliphatic rings. The van der Waals surface area contributed by atoms with Crippen molar-refractivity contribution in [3.63, 3.8) is 0 Å². The van der Waals surface area contributed by atoms with E-state index in [1.54, 1.807) is 23.0 Å². The maximum atomic E-state index is 6.06. The molecule has 0 atom stereocenters. The quantitative estimate of drug-likeness (QED) is 0.618. The van der Waals surface area contributed by atoms with Gasteiger partial charge in [0.2, 0.25) is 0 Å². The van der Waals surface area contributed by atoms with Crippen LogP contribution in [0.4, 0.5) is 11.4 Å². The van der Waals surface area contributed by atoms with Gasteiger partial charge in [-0.15, -0.1) is 11.3 Å². The van der Waals surface area contributed by atoms with Crippen molar-refractivity contribution in [1.82, 2.24) is 15.2 Å². The molecule has 17 heavy (non-hydrogen) atoms. The fourth-order valence-electron chi connectivity index (χ4n) is 1.68. The molecule has 0 radical (unpaired) electrons. The summed E-state index contributed by atoms with van der Waals surface area (Å²) in [5.74, 6) is 0. The Morgan fingerprint density at radius 3 is 3.12 bits per heavy atom. The van der Waals surface area contributed by atoms with Crippen LogP contribution in [0.15, 0.2) is 29.9 Å². The average Bonchev–Trinajstić information content (AvgIpc) is 2.99. The maximum Gasteiger partial charge on any atom is 0.106 e. The van der Waals surface area contributed by atoms with Crippen LogP contribution >= 0.6 is 11.3 Å². The average molecular weight is 245 g/mol. The lowest BCUT2D eigenvalue weighted by atomic mass is 10.2. The summed E-state index contributed by atoms with van der Waals surface area (Å²) >= 11 is 1.59. The standard InChI is InChI=1S/C11H11N5S/c12-10-8(13-5-7-3-4-15-16-7)1-2-9-11(10)14-6-17-9/h1-4,6,13H,5,12H2,(H,15,16). The van der Waals surface area contributed by atoms with E-state index in [2.05, 4.69) is 20.5 Å². The van der Waals surface area contributed by atoms with Gasteiger partial charge in [-0.3, -0.25) is 5.10 Å². The minimum Gasteiger partial charge on any atom is -0.395 e. The lowest BCUT2D eigenvalue weighted by Gasteiger charge is -2.08. The summed E-state index contributed by atoms with van der Waals surface area (Å²) in [6, 6.07) is 5.93. The molecule has 2 heterocycles. The van der Waals surface area contributed by atoms with Crippen molar-refractivity contribution in [3.05, 3.63) is 35.6 Å². The van der Waals surface area contributed by atoms with E-state index in [9.17, 15) is 0 Å². The first-order chi connectivity index (χ1) is 8.34. The number of hydrogen-bond donors (Lipinski definition) is 3. The van der Waals surface area contributed by atoms with Crippen molar-refractivity contribution in [1.29, 1.82) is 0 Å². The van der Waals surface area contributed by atoms with E-state index in [1.807, 2.05) is 18.2 Å². The van der Waals surface area contributed by atoms with Crippen LogP contribution in [-0.2, 0) is 6.54 Å². The molecule has 4 N–H and O–H groups in total. The van der Waals surface area contributed by atoms with Crippen molar-refractivity contribution < 1.29 is 0 Å². The molecule has 1 aromatic carbocycles. The number of aromatic amines is 1. The highest BCUT2D eigenvalue weighted by molar-refractivity contribution is 7.16. The zero-order chi connectivity index (χ0) is 11.7. The molecule has 0 unspecified atom stereocenters. The Hall–Kier alpha value is -2.08. The third kappa shape index (κ3) is 1.83. The van der Waals surface area contributed by atoms with Crippen molar-refractivity contribution in [3.8, 4) is 0 Å². The Morgan fingerprint density at radius 1 is 1.35 bits per heavy atom. The Balaban J connectivity index is 1.87. The minimum absolute atomic E-state index is 0.667. The van der Waals surface area contributed by atoms with Gasteiger partial charge in [-0.25, -0.2) is 4.98 Å². The van der Waals surface area contributed by atoms with E-state index >= 15 is 0 Å². The molecular weight excluding hydrogens is 234 g/mol. The van der Waals surface area contributed by atoms with E-state index in [1.165, 1.54) is 0 Å². The van der Waals surface area contributed by atoms with Gasteiger partial charge in [0.25, 0.3) is 0 Å². The third-order valence-electron chi connectivity index (χ3n) is 2.57. The molecule has 0 aliphatic heterocycles. The summed E-state index contributed by atoms with van der Waals surface area (Å²) in [5.41, 5.74) is 11.3. The molecule has 0 spiro atoms. The maximum absolute atomic E-state index is 6.06. The van der Waals surface area contributed by atoms with Gasteiger partial charge in [0.1, 0.15) is 5.52 Å². The zero-order valence-corrected chi connectivity index (χ0v) is 9.79. The first-order valence-electron chi connectivity index (χ1n) is 5.18. The van der Waals surface area contributed by atoms with Crippen LogP contribution in [0.2, 0.25) is 0 Å². The highest BCUT2D eigenvalue weighted by atomic mass is 32.1. The van der Waals surface area contributed by atoms with E-state index < -0.39 is 0 Å². The fraction of sp³-hybridized carbons (Fsp3) is 0.0909. The highest BCUT2D eigenvalue weighted by Gasteiger charge is 2.06. The topological polar surface area (TPSA) is 79.6 Å². The number of nitrogens with two attached hydrogens (primary N) is 1. The first kappa shape index (κ1) is 10.1. The molecule has 0 fully saturated rings. The van der Waals surface area contributed by atoms with E-state index in [-0.39, 0.29) is 0 Å². The number of nitrogens with one attached hydrogen (secondary N) is 2. The monoisotopic (exact) mass is 245 g/mol.